The Morgan fingerprint density at radius 1 is 1.40 bits per heavy atom. The number of aliphatic carboxylic acids is 1. The quantitative estimate of drug-likeness (QED) is 0.667. The molecular weight excluding hydrogens is 201 g/mol. The van der Waals surface area contributed by atoms with Gasteiger partial charge in [-0.3, -0.25) is 10.1 Å². The number of benzene rings is 1. The van der Waals surface area contributed by atoms with Gasteiger partial charge in [0.05, 0.1) is 6.61 Å². The lowest BCUT2D eigenvalue weighted by atomic mass is 10.1. The SMILES string of the molecule is O=C(O)C(NCCO)c1ccc(F)cc1. The van der Waals surface area contributed by atoms with Crippen LogP contribution in [0.15, 0.2) is 24.3 Å². The summed E-state index contributed by atoms with van der Waals surface area (Å²) in [4.78, 5) is 10.9. The van der Waals surface area contributed by atoms with Crippen molar-refractivity contribution in [2.24, 2.45) is 0 Å². The van der Waals surface area contributed by atoms with E-state index < -0.39 is 17.8 Å². The van der Waals surface area contributed by atoms with Crippen molar-refractivity contribution in [2.75, 3.05) is 13.2 Å². The van der Waals surface area contributed by atoms with Crippen molar-refractivity contribution in [3.8, 4) is 0 Å². The average molecular weight is 213 g/mol. The lowest BCUT2D eigenvalue weighted by Crippen LogP contribution is -2.30. The van der Waals surface area contributed by atoms with Crippen molar-refractivity contribution < 1.29 is 19.4 Å². The van der Waals surface area contributed by atoms with Crippen molar-refractivity contribution >= 4 is 5.97 Å². The van der Waals surface area contributed by atoms with E-state index in [-0.39, 0.29) is 13.2 Å². The number of carboxylic acid groups (broad SMARTS) is 1. The predicted octanol–water partition coefficient (Wildman–Crippen LogP) is 0.533. The molecule has 0 saturated heterocycles. The summed E-state index contributed by atoms with van der Waals surface area (Å²) in [6, 6.07) is 4.28. The topological polar surface area (TPSA) is 69.6 Å². The van der Waals surface area contributed by atoms with Crippen LogP contribution in [0.25, 0.3) is 0 Å². The Morgan fingerprint density at radius 3 is 2.47 bits per heavy atom. The fraction of sp³-hybridized carbons (Fsp3) is 0.300. The highest BCUT2D eigenvalue weighted by Crippen LogP contribution is 2.13. The van der Waals surface area contributed by atoms with Crippen LogP contribution < -0.4 is 5.32 Å². The first-order chi connectivity index (χ1) is 7.15. The van der Waals surface area contributed by atoms with E-state index in [1.54, 1.807) is 0 Å². The van der Waals surface area contributed by atoms with Gasteiger partial charge in [-0.05, 0) is 17.7 Å². The zero-order valence-electron chi connectivity index (χ0n) is 7.98. The summed E-state index contributed by atoms with van der Waals surface area (Å²) in [6.07, 6.45) is 0. The molecule has 15 heavy (non-hydrogen) atoms. The Balaban J connectivity index is 2.79. The number of carboxylic acids is 1. The molecule has 3 N–H and O–H groups in total. The molecule has 4 nitrogen and oxygen atoms in total. The molecule has 0 saturated carbocycles. The van der Waals surface area contributed by atoms with Crippen LogP contribution in [0.5, 0.6) is 0 Å². The van der Waals surface area contributed by atoms with Crippen molar-refractivity contribution in [2.45, 2.75) is 6.04 Å². The maximum absolute atomic E-state index is 12.6. The fourth-order valence-corrected chi connectivity index (χ4v) is 1.21. The molecule has 1 rings (SSSR count). The molecule has 0 bridgehead atoms. The number of aliphatic hydroxyl groups excluding tert-OH is 1. The van der Waals surface area contributed by atoms with E-state index >= 15 is 0 Å². The molecule has 1 aromatic carbocycles. The summed E-state index contributed by atoms with van der Waals surface area (Å²) in [6.45, 7) is 0.0271. The zero-order chi connectivity index (χ0) is 11.3. The van der Waals surface area contributed by atoms with Crippen LogP contribution >= 0.6 is 0 Å². The molecule has 82 valence electrons. The summed E-state index contributed by atoms with van der Waals surface area (Å²) in [5.41, 5.74) is 0.456. The Labute approximate surface area is 86.4 Å². The second-order valence-electron chi connectivity index (χ2n) is 3.00. The molecule has 1 aromatic rings. The average Bonchev–Trinajstić information content (AvgIpc) is 2.21. The van der Waals surface area contributed by atoms with Gasteiger partial charge in [-0.25, -0.2) is 4.39 Å². The van der Waals surface area contributed by atoms with Gasteiger partial charge in [-0.1, -0.05) is 12.1 Å². The van der Waals surface area contributed by atoms with E-state index in [1.807, 2.05) is 0 Å². The lowest BCUT2D eigenvalue weighted by molar-refractivity contribution is -0.139. The van der Waals surface area contributed by atoms with Gasteiger partial charge in [-0.15, -0.1) is 0 Å². The summed E-state index contributed by atoms with van der Waals surface area (Å²) < 4.78 is 12.6. The van der Waals surface area contributed by atoms with Crippen LogP contribution in [0.3, 0.4) is 0 Å². The highest BCUT2D eigenvalue weighted by molar-refractivity contribution is 5.75. The molecule has 5 heteroatoms. The first-order valence-corrected chi connectivity index (χ1v) is 4.47. The van der Waals surface area contributed by atoms with E-state index in [9.17, 15) is 9.18 Å². The first kappa shape index (κ1) is 11.6. The molecule has 0 aliphatic carbocycles. The number of rotatable bonds is 5. The van der Waals surface area contributed by atoms with Gasteiger partial charge in [0.2, 0.25) is 0 Å². The molecule has 0 amide bonds. The van der Waals surface area contributed by atoms with E-state index in [4.69, 9.17) is 10.2 Å². The van der Waals surface area contributed by atoms with Crippen LogP contribution in [0.1, 0.15) is 11.6 Å². The molecule has 0 fully saturated rings. The van der Waals surface area contributed by atoms with Crippen LogP contribution in [0.2, 0.25) is 0 Å². The molecule has 0 aliphatic heterocycles. The van der Waals surface area contributed by atoms with Crippen molar-refractivity contribution in [1.29, 1.82) is 0 Å². The Hall–Kier alpha value is -1.46. The first-order valence-electron chi connectivity index (χ1n) is 4.47. The number of hydrogen-bond donors (Lipinski definition) is 3. The van der Waals surface area contributed by atoms with Gasteiger partial charge in [0.15, 0.2) is 0 Å². The third-order valence-electron chi connectivity index (χ3n) is 1.91. The Kier molecular flexibility index (Phi) is 4.20. The standard InChI is InChI=1S/C10H12FNO3/c11-8-3-1-7(2-4-8)9(10(14)15)12-5-6-13/h1-4,9,12-13H,5-6H2,(H,14,15). The lowest BCUT2D eigenvalue weighted by Gasteiger charge is -2.13. The minimum atomic E-state index is -1.06. The monoisotopic (exact) mass is 213 g/mol. The van der Waals surface area contributed by atoms with Gasteiger partial charge in [0.1, 0.15) is 11.9 Å². The van der Waals surface area contributed by atoms with Crippen LogP contribution in [0, 0.1) is 5.82 Å². The van der Waals surface area contributed by atoms with E-state index in [1.165, 1.54) is 24.3 Å². The van der Waals surface area contributed by atoms with Gasteiger partial charge >= 0.3 is 5.97 Å². The third-order valence-corrected chi connectivity index (χ3v) is 1.91. The highest BCUT2D eigenvalue weighted by Gasteiger charge is 2.18. The molecular formula is C10H12FNO3. The molecule has 0 aromatic heterocycles. The molecule has 1 unspecified atom stereocenters. The summed E-state index contributed by atoms with van der Waals surface area (Å²) in [5, 5.41) is 20.1. The Morgan fingerprint density at radius 2 is 2.00 bits per heavy atom. The Bertz CT molecular complexity index is 326. The van der Waals surface area contributed by atoms with E-state index in [2.05, 4.69) is 5.32 Å². The van der Waals surface area contributed by atoms with Gasteiger partial charge in [-0.2, -0.15) is 0 Å². The largest absolute Gasteiger partial charge is 0.480 e. The number of carbonyl (C=O) groups is 1. The van der Waals surface area contributed by atoms with E-state index in [0.717, 1.165) is 0 Å². The van der Waals surface area contributed by atoms with Crippen molar-refractivity contribution in [1.82, 2.24) is 5.32 Å². The maximum Gasteiger partial charge on any atom is 0.325 e. The normalized spacial score (nSPS) is 12.4. The maximum atomic E-state index is 12.6. The molecule has 0 aliphatic rings. The molecule has 0 radical (unpaired) electrons. The van der Waals surface area contributed by atoms with E-state index in [0.29, 0.717) is 5.56 Å². The number of nitrogens with one attached hydrogen (secondary N) is 1. The minimum Gasteiger partial charge on any atom is -0.480 e. The van der Waals surface area contributed by atoms with Gasteiger partial charge in [0.25, 0.3) is 0 Å². The van der Waals surface area contributed by atoms with Gasteiger partial charge < -0.3 is 10.2 Å². The summed E-state index contributed by atoms with van der Waals surface area (Å²) >= 11 is 0. The number of aliphatic hydroxyl groups is 1. The van der Waals surface area contributed by atoms with Crippen LogP contribution in [-0.4, -0.2) is 29.3 Å². The molecule has 0 spiro atoms. The third kappa shape index (κ3) is 3.30. The second-order valence-corrected chi connectivity index (χ2v) is 3.00. The summed E-state index contributed by atoms with van der Waals surface area (Å²) in [7, 11) is 0. The minimum absolute atomic E-state index is 0.148. The zero-order valence-corrected chi connectivity index (χ0v) is 7.98. The molecule has 1 atom stereocenters. The summed E-state index contributed by atoms with van der Waals surface area (Å²) in [5.74, 6) is -1.47. The second kappa shape index (κ2) is 5.43. The number of halogens is 1. The highest BCUT2D eigenvalue weighted by atomic mass is 19.1. The van der Waals surface area contributed by atoms with Crippen molar-refractivity contribution in [3.05, 3.63) is 35.6 Å². The van der Waals surface area contributed by atoms with Gasteiger partial charge in [0, 0.05) is 6.54 Å². The van der Waals surface area contributed by atoms with Crippen molar-refractivity contribution in [3.63, 3.8) is 0 Å². The van der Waals surface area contributed by atoms with Crippen LogP contribution in [0.4, 0.5) is 4.39 Å². The fourth-order valence-electron chi connectivity index (χ4n) is 1.21. The smallest absolute Gasteiger partial charge is 0.325 e. The number of hydrogen-bond acceptors (Lipinski definition) is 3. The predicted molar refractivity (Wildman–Crippen MR) is 51.9 cm³/mol. The van der Waals surface area contributed by atoms with Crippen LogP contribution in [-0.2, 0) is 4.79 Å². The molecule has 0 heterocycles.